The Hall–Kier alpha value is -1.03. The average Bonchev–Trinajstić information content (AvgIpc) is 2.14. The molecule has 0 bridgehead atoms. The van der Waals surface area contributed by atoms with Crippen molar-refractivity contribution in [2.24, 2.45) is 5.73 Å². The van der Waals surface area contributed by atoms with Crippen LogP contribution in [0, 0.1) is 5.82 Å². The van der Waals surface area contributed by atoms with Gasteiger partial charge in [0, 0.05) is 5.75 Å². The van der Waals surface area contributed by atoms with Crippen molar-refractivity contribution in [2.45, 2.75) is 17.9 Å². The summed E-state index contributed by atoms with van der Waals surface area (Å²) in [6.45, 7) is 1.74. The van der Waals surface area contributed by atoms with E-state index in [-0.39, 0.29) is 17.0 Å². The molecule has 0 radical (unpaired) electrons. The predicted octanol–water partition coefficient (Wildman–Crippen LogP) is 1.93. The van der Waals surface area contributed by atoms with Crippen molar-refractivity contribution in [2.75, 3.05) is 0 Å². The first-order valence-corrected chi connectivity index (χ1v) is 5.30. The molecule has 0 aromatic heterocycles. The molecule has 1 unspecified atom stereocenters. The minimum atomic E-state index is -0.341. The Balaban J connectivity index is 2.49. The molecule has 14 heavy (non-hydrogen) atoms. The highest BCUT2D eigenvalue weighted by atomic mass is 32.2. The molecule has 0 aliphatic heterocycles. The maximum Gasteiger partial charge on any atom is 0.230 e. The number of hydrogen-bond acceptors (Lipinski definition) is 2. The summed E-state index contributed by atoms with van der Waals surface area (Å²) in [5.74, 6) is 0.00299. The molecule has 0 aliphatic carbocycles. The highest BCUT2D eigenvalue weighted by Gasteiger charge is 2.08. The second-order valence-electron chi connectivity index (χ2n) is 2.99. The van der Waals surface area contributed by atoms with Crippen LogP contribution in [0.15, 0.2) is 24.3 Å². The number of thioether (sulfide) groups is 1. The molecule has 0 fully saturated rings. The first kappa shape index (κ1) is 11.0. The van der Waals surface area contributed by atoms with Gasteiger partial charge in [-0.25, -0.2) is 4.39 Å². The molecule has 0 aliphatic rings. The molecule has 76 valence electrons. The van der Waals surface area contributed by atoms with E-state index >= 15 is 0 Å². The van der Waals surface area contributed by atoms with Crippen LogP contribution < -0.4 is 5.73 Å². The molecule has 0 saturated carbocycles. The Bertz CT molecular complexity index is 330. The Morgan fingerprint density at radius 1 is 1.64 bits per heavy atom. The summed E-state index contributed by atoms with van der Waals surface area (Å²) in [6.07, 6.45) is 0. The van der Waals surface area contributed by atoms with Gasteiger partial charge < -0.3 is 5.73 Å². The molecule has 0 heterocycles. The van der Waals surface area contributed by atoms with Gasteiger partial charge in [0.15, 0.2) is 0 Å². The lowest BCUT2D eigenvalue weighted by atomic mass is 10.2. The van der Waals surface area contributed by atoms with Gasteiger partial charge in [-0.05, 0) is 24.6 Å². The van der Waals surface area contributed by atoms with Crippen molar-refractivity contribution >= 4 is 17.7 Å². The molecular weight excluding hydrogens is 201 g/mol. The van der Waals surface area contributed by atoms with Crippen LogP contribution in [-0.4, -0.2) is 11.2 Å². The predicted molar refractivity (Wildman–Crippen MR) is 56.4 cm³/mol. The molecule has 1 amide bonds. The number of halogens is 1. The fourth-order valence-corrected chi connectivity index (χ4v) is 1.72. The molecule has 1 rings (SSSR count). The van der Waals surface area contributed by atoms with Gasteiger partial charge in [0.2, 0.25) is 5.91 Å². The Labute approximate surface area is 86.7 Å². The second kappa shape index (κ2) is 5.00. The van der Waals surface area contributed by atoms with E-state index in [0.717, 1.165) is 5.56 Å². The number of carbonyl (C=O) groups is 1. The van der Waals surface area contributed by atoms with Crippen molar-refractivity contribution in [3.8, 4) is 0 Å². The highest BCUT2D eigenvalue weighted by molar-refractivity contribution is 7.99. The second-order valence-corrected chi connectivity index (χ2v) is 4.31. The van der Waals surface area contributed by atoms with E-state index in [1.807, 2.05) is 6.07 Å². The van der Waals surface area contributed by atoms with E-state index in [0.29, 0.717) is 5.75 Å². The Morgan fingerprint density at radius 3 is 2.93 bits per heavy atom. The molecule has 1 atom stereocenters. The van der Waals surface area contributed by atoms with Crippen LogP contribution in [0.4, 0.5) is 4.39 Å². The zero-order valence-corrected chi connectivity index (χ0v) is 8.68. The van der Waals surface area contributed by atoms with Crippen LogP contribution in [0.2, 0.25) is 0 Å². The maximum absolute atomic E-state index is 12.7. The van der Waals surface area contributed by atoms with Gasteiger partial charge in [0.25, 0.3) is 0 Å². The number of primary amides is 1. The summed E-state index contributed by atoms with van der Waals surface area (Å²) in [6, 6.07) is 6.33. The summed E-state index contributed by atoms with van der Waals surface area (Å²) in [7, 11) is 0. The monoisotopic (exact) mass is 213 g/mol. The molecule has 0 spiro atoms. The molecular formula is C10H12FNOS. The van der Waals surface area contributed by atoms with Crippen LogP contribution in [0.5, 0.6) is 0 Å². The first-order chi connectivity index (χ1) is 6.59. The van der Waals surface area contributed by atoms with Crippen molar-refractivity contribution in [3.05, 3.63) is 35.6 Å². The van der Waals surface area contributed by atoms with E-state index < -0.39 is 0 Å². The average molecular weight is 213 g/mol. The minimum Gasteiger partial charge on any atom is -0.369 e. The third-order valence-corrected chi connectivity index (χ3v) is 3.02. The number of nitrogens with two attached hydrogens (primary N) is 1. The Kier molecular flexibility index (Phi) is 3.95. The number of benzene rings is 1. The molecule has 1 aromatic carbocycles. The summed E-state index contributed by atoms with van der Waals surface area (Å²) < 4.78 is 12.7. The number of amides is 1. The van der Waals surface area contributed by atoms with Crippen LogP contribution in [-0.2, 0) is 10.5 Å². The number of rotatable bonds is 4. The number of hydrogen-bond donors (Lipinski definition) is 1. The van der Waals surface area contributed by atoms with Gasteiger partial charge >= 0.3 is 0 Å². The lowest BCUT2D eigenvalue weighted by Crippen LogP contribution is -2.22. The van der Waals surface area contributed by atoms with Crippen molar-refractivity contribution < 1.29 is 9.18 Å². The molecule has 2 N–H and O–H groups in total. The molecule has 2 nitrogen and oxygen atoms in total. The zero-order chi connectivity index (χ0) is 10.6. The van der Waals surface area contributed by atoms with E-state index in [4.69, 9.17) is 5.73 Å². The SMILES string of the molecule is CC(SCc1cccc(F)c1)C(N)=O. The lowest BCUT2D eigenvalue weighted by molar-refractivity contribution is -0.117. The van der Waals surface area contributed by atoms with E-state index in [9.17, 15) is 9.18 Å². The minimum absolute atomic E-state index is 0.238. The fourth-order valence-electron chi connectivity index (χ4n) is 0.930. The molecule has 1 aromatic rings. The smallest absolute Gasteiger partial charge is 0.230 e. The van der Waals surface area contributed by atoms with Gasteiger partial charge in [-0.2, -0.15) is 0 Å². The fraction of sp³-hybridized carbons (Fsp3) is 0.300. The van der Waals surface area contributed by atoms with Crippen molar-refractivity contribution in [1.82, 2.24) is 0 Å². The largest absolute Gasteiger partial charge is 0.369 e. The van der Waals surface area contributed by atoms with Gasteiger partial charge in [0.1, 0.15) is 5.82 Å². The third kappa shape index (κ3) is 3.38. The summed E-state index contributed by atoms with van der Waals surface area (Å²) in [5, 5.41) is -0.238. The van der Waals surface area contributed by atoms with Crippen molar-refractivity contribution in [3.63, 3.8) is 0 Å². The first-order valence-electron chi connectivity index (χ1n) is 4.25. The highest BCUT2D eigenvalue weighted by Crippen LogP contribution is 2.17. The topological polar surface area (TPSA) is 43.1 Å². The van der Waals surface area contributed by atoms with E-state index in [2.05, 4.69) is 0 Å². The van der Waals surface area contributed by atoms with Crippen LogP contribution in [0.3, 0.4) is 0 Å². The van der Waals surface area contributed by atoms with Crippen LogP contribution in [0.1, 0.15) is 12.5 Å². The van der Waals surface area contributed by atoms with Gasteiger partial charge in [-0.1, -0.05) is 12.1 Å². The maximum atomic E-state index is 12.7. The Morgan fingerprint density at radius 2 is 2.36 bits per heavy atom. The third-order valence-electron chi connectivity index (χ3n) is 1.79. The van der Waals surface area contributed by atoms with E-state index in [1.165, 1.54) is 23.9 Å². The van der Waals surface area contributed by atoms with E-state index in [1.54, 1.807) is 13.0 Å². The molecule has 0 saturated heterocycles. The van der Waals surface area contributed by atoms with Crippen LogP contribution in [0.25, 0.3) is 0 Å². The summed E-state index contributed by atoms with van der Waals surface area (Å²) in [4.78, 5) is 10.7. The zero-order valence-electron chi connectivity index (χ0n) is 7.87. The quantitative estimate of drug-likeness (QED) is 0.830. The molecule has 4 heteroatoms. The number of carbonyl (C=O) groups excluding carboxylic acids is 1. The normalized spacial score (nSPS) is 12.4. The summed E-state index contributed by atoms with van der Waals surface area (Å²) in [5.41, 5.74) is 5.96. The lowest BCUT2D eigenvalue weighted by Gasteiger charge is -2.06. The van der Waals surface area contributed by atoms with Gasteiger partial charge in [-0.15, -0.1) is 11.8 Å². The van der Waals surface area contributed by atoms with Gasteiger partial charge in [0.05, 0.1) is 5.25 Å². The standard InChI is InChI=1S/C10H12FNOS/c1-7(10(12)13)14-6-8-3-2-4-9(11)5-8/h2-5,7H,6H2,1H3,(H2,12,13). The van der Waals surface area contributed by atoms with Crippen molar-refractivity contribution in [1.29, 1.82) is 0 Å². The van der Waals surface area contributed by atoms with Crippen LogP contribution >= 0.6 is 11.8 Å². The summed E-state index contributed by atoms with van der Waals surface area (Å²) >= 11 is 1.41. The van der Waals surface area contributed by atoms with Gasteiger partial charge in [-0.3, -0.25) is 4.79 Å².